The molecule has 1 atom stereocenters. The molecule has 2 aromatic rings. The molecule has 0 aliphatic heterocycles. The Bertz CT molecular complexity index is 838. The average molecular weight is 373 g/mol. The first kappa shape index (κ1) is 20.3. The summed E-state index contributed by atoms with van der Waals surface area (Å²) in [7, 11) is 0. The van der Waals surface area contributed by atoms with Crippen LogP contribution in [0.1, 0.15) is 69.1 Å². The number of hydrogen-bond acceptors (Lipinski definition) is 1. The van der Waals surface area contributed by atoms with Gasteiger partial charge in [-0.15, -0.1) is 0 Å². The monoisotopic (exact) mass is 372 g/mol. The predicted molar refractivity (Wildman–Crippen MR) is 119 cm³/mol. The van der Waals surface area contributed by atoms with Crippen LogP contribution in [0.25, 0.3) is 5.57 Å². The normalized spacial score (nSPS) is 16.2. The summed E-state index contributed by atoms with van der Waals surface area (Å²) in [6.45, 7) is 6.63. The van der Waals surface area contributed by atoms with Crippen molar-refractivity contribution in [3.63, 3.8) is 0 Å². The van der Waals surface area contributed by atoms with Gasteiger partial charge < -0.3 is 0 Å². The number of carbonyl (C=O) groups is 1. The van der Waals surface area contributed by atoms with Crippen LogP contribution in [0, 0.1) is 5.92 Å². The molecule has 0 aromatic heterocycles. The van der Waals surface area contributed by atoms with E-state index in [-0.39, 0.29) is 0 Å². The summed E-state index contributed by atoms with van der Waals surface area (Å²) in [6.07, 6.45) is 8.88. The number of ketones is 1. The standard InChI is InChI=1S/C27H32O/c1-4-8-26-24(16-18-27(26)23-9-6-5-7-10-23)15-17-25(28)19-21-11-13-22(14-12-21)20(2)3/h5-7,9-14,16,18,20,26H,4,8,15,17,19H2,1-3H3. The zero-order valence-corrected chi connectivity index (χ0v) is 17.4. The largest absolute Gasteiger partial charge is 0.299 e. The molecule has 0 N–H and O–H groups in total. The number of hydrogen-bond donors (Lipinski definition) is 0. The minimum atomic E-state index is 0.335. The van der Waals surface area contributed by atoms with Gasteiger partial charge in [-0.3, -0.25) is 4.79 Å². The van der Waals surface area contributed by atoms with Gasteiger partial charge in [0.25, 0.3) is 0 Å². The number of benzene rings is 2. The van der Waals surface area contributed by atoms with Crippen LogP contribution in [0.2, 0.25) is 0 Å². The lowest BCUT2D eigenvalue weighted by molar-refractivity contribution is -0.118. The second kappa shape index (κ2) is 9.68. The first-order chi connectivity index (χ1) is 13.6. The summed E-state index contributed by atoms with van der Waals surface area (Å²) in [5, 5.41) is 0. The van der Waals surface area contributed by atoms with E-state index in [9.17, 15) is 4.79 Å². The maximum atomic E-state index is 12.6. The third-order valence-electron chi connectivity index (χ3n) is 5.72. The van der Waals surface area contributed by atoms with Crippen LogP contribution in [-0.2, 0) is 11.2 Å². The summed E-state index contributed by atoms with van der Waals surface area (Å²) < 4.78 is 0. The van der Waals surface area contributed by atoms with E-state index in [1.165, 1.54) is 22.3 Å². The molecule has 146 valence electrons. The quantitative estimate of drug-likeness (QED) is 0.457. The number of Topliss-reactive ketones (excluding diaryl/α,β-unsaturated/α-hetero) is 1. The molecule has 0 spiro atoms. The number of carbonyl (C=O) groups excluding carboxylic acids is 1. The van der Waals surface area contributed by atoms with Crippen LogP contribution in [0.3, 0.4) is 0 Å². The Morgan fingerprint density at radius 1 is 0.964 bits per heavy atom. The molecular weight excluding hydrogens is 340 g/mol. The van der Waals surface area contributed by atoms with Gasteiger partial charge in [-0.2, -0.15) is 0 Å². The number of rotatable bonds is 9. The maximum absolute atomic E-state index is 12.6. The number of allylic oxidation sites excluding steroid dienone is 4. The molecule has 0 fully saturated rings. The van der Waals surface area contributed by atoms with Crippen LogP contribution in [-0.4, -0.2) is 5.78 Å². The highest BCUT2D eigenvalue weighted by Crippen LogP contribution is 2.39. The van der Waals surface area contributed by atoms with Crippen LogP contribution >= 0.6 is 0 Å². The van der Waals surface area contributed by atoms with E-state index in [4.69, 9.17) is 0 Å². The smallest absolute Gasteiger partial charge is 0.137 e. The van der Waals surface area contributed by atoms with Crippen molar-refractivity contribution in [3.8, 4) is 0 Å². The van der Waals surface area contributed by atoms with Gasteiger partial charge in [0.05, 0.1) is 0 Å². The first-order valence-electron chi connectivity index (χ1n) is 10.6. The van der Waals surface area contributed by atoms with Gasteiger partial charge in [0, 0.05) is 18.8 Å². The van der Waals surface area contributed by atoms with Crippen LogP contribution in [0.5, 0.6) is 0 Å². The molecule has 2 aromatic carbocycles. The summed E-state index contributed by atoms with van der Waals surface area (Å²) in [5.41, 5.74) is 6.60. The van der Waals surface area contributed by atoms with Gasteiger partial charge in [-0.25, -0.2) is 0 Å². The van der Waals surface area contributed by atoms with E-state index < -0.39 is 0 Å². The Morgan fingerprint density at radius 3 is 2.32 bits per heavy atom. The van der Waals surface area contributed by atoms with Gasteiger partial charge in [0.15, 0.2) is 0 Å². The lowest BCUT2D eigenvalue weighted by Crippen LogP contribution is -2.08. The first-order valence-corrected chi connectivity index (χ1v) is 10.6. The fourth-order valence-electron chi connectivity index (χ4n) is 4.06. The van der Waals surface area contributed by atoms with E-state index in [2.05, 4.69) is 87.5 Å². The molecule has 1 aliphatic carbocycles. The Kier molecular flexibility index (Phi) is 7.03. The maximum Gasteiger partial charge on any atom is 0.137 e. The molecule has 1 unspecified atom stereocenters. The molecule has 0 radical (unpaired) electrons. The summed E-state index contributed by atoms with van der Waals surface area (Å²) in [6, 6.07) is 19.2. The van der Waals surface area contributed by atoms with Crippen molar-refractivity contribution in [1.82, 2.24) is 0 Å². The second-order valence-corrected chi connectivity index (χ2v) is 8.18. The van der Waals surface area contributed by atoms with Crippen molar-refractivity contribution >= 4 is 11.4 Å². The third kappa shape index (κ3) is 5.10. The minimum Gasteiger partial charge on any atom is -0.299 e. The topological polar surface area (TPSA) is 17.1 Å². The van der Waals surface area contributed by atoms with E-state index in [0.717, 1.165) is 24.8 Å². The molecule has 1 aliphatic rings. The lowest BCUT2D eigenvalue weighted by Gasteiger charge is -2.19. The average Bonchev–Trinajstić information content (AvgIpc) is 3.10. The second-order valence-electron chi connectivity index (χ2n) is 8.18. The van der Waals surface area contributed by atoms with Crippen LogP contribution < -0.4 is 0 Å². The van der Waals surface area contributed by atoms with Gasteiger partial charge in [-0.05, 0) is 41.0 Å². The highest BCUT2D eigenvalue weighted by molar-refractivity contribution is 5.81. The molecule has 28 heavy (non-hydrogen) atoms. The fraction of sp³-hybridized carbons (Fsp3) is 0.370. The predicted octanol–water partition coefficient (Wildman–Crippen LogP) is 7.14. The Morgan fingerprint density at radius 2 is 1.68 bits per heavy atom. The highest BCUT2D eigenvalue weighted by atomic mass is 16.1. The highest BCUT2D eigenvalue weighted by Gasteiger charge is 2.23. The lowest BCUT2D eigenvalue weighted by atomic mass is 9.85. The van der Waals surface area contributed by atoms with Crippen molar-refractivity contribution in [2.24, 2.45) is 5.92 Å². The van der Waals surface area contributed by atoms with Crippen molar-refractivity contribution in [2.75, 3.05) is 0 Å². The summed E-state index contributed by atoms with van der Waals surface area (Å²) in [5.74, 6) is 1.33. The molecule has 0 amide bonds. The van der Waals surface area contributed by atoms with Crippen molar-refractivity contribution < 1.29 is 4.79 Å². The van der Waals surface area contributed by atoms with E-state index >= 15 is 0 Å². The zero-order chi connectivity index (χ0) is 19.9. The molecule has 1 nitrogen and oxygen atoms in total. The van der Waals surface area contributed by atoms with Crippen molar-refractivity contribution in [2.45, 2.75) is 58.8 Å². The SMILES string of the molecule is CCCC1C(CCC(=O)Cc2ccc(C(C)C)cc2)=CC=C1c1ccccc1. The van der Waals surface area contributed by atoms with E-state index in [1.807, 2.05) is 0 Å². The van der Waals surface area contributed by atoms with Crippen LogP contribution in [0.15, 0.2) is 72.3 Å². The van der Waals surface area contributed by atoms with Crippen molar-refractivity contribution in [1.29, 1.82) is 0 Å². The Labute approximate surface area is 170 Å². The summed E-state index contributed by atoms with van der Waals surface area (Å²) in [4.78, 5) is 12.6. The molecule has 0 saturated heterocycles. The third-order valence-corrected chi connectivity index (χ3v) is 5.72. The van der Waals surface area contributed by atoms with Gasteiger partial charge in [-0.1, -0.05) is 99.5 Å². The molecule has 3 rings (SSSR count). The molecular formula is C27H32O. The Balaban J connectivity index is 1.57. The molecule has 1 heteroatoms. The van der Waals surface area contributed by atoms with Gasteiger partial charge in [0.1, 0.15) is 5.78 Å². The zero-order valence-electron chi connectivity index (χ0n) is 17.4. The van der Waals surface area contributed by atoms with E-state index in [1.54, 1.807) is 0 Å². The van der Waals surface area contributed by atoms with Crippen LogP contribution in [0.4, 0.5) is 0 Å². The fourth-order valence-corrected chi connectivity index (χ4v) is 4.06. The molecule has 0 heterocycles. The van der Waals surface area contributed by atoms with E-state index in [0.29, 0.717) is 30.5 Å². The molecule has 0 bridgehead atoms. The Hall–Kier alpha value is -2.41. The minimum absolute atomic E-state index is 0.335. The molecule has 0 saturated carbocycles. The van der Waals surface area contributed by atoms with Gasteiger partial charge >= 0.3 is 0 Å². The van der Waals surface area contributed by atoms with Crippen molar-refractivity contribution in [3.05, 3.63) is 89.0 Å². The summed E-state index contributed by atoms with van der Waals surface area (Å²) >= 11 is 0. The van der Waals surface area contributed by atoms with Gasteiger partial charge in [0.2, 0.25) is 0 Å².